The molecule has 0 nitrogen and oxygen atoms in total. The van der Waals surface area contributed by atoms with Gasteiger partial charge < -0.3 is 0 Å². The quantitative estimate of drug-likeness (QED) is 0.428. The fourth-order valence-corrected chi connectivity index (χ4v) is 1.01. The first-order chi connectivity index (χ1) is 2.89. The van der Waals surface area contributed by atoms with E-state index in [-0.39, 0.29) is 0 Å². The third kappa shape index (κ3) is 0.859. The van der Waals surface area contributed by atoms with Crippen LogP contribution < -0.4 is 0 Å². The second kappa shape index (κ2) is 1.81. The summed E-state index contributed by atoms with van der Waals surface area (Å²) < 4.78 is 1.39. The summed E-state index contributed by atoms with van der Waals surface area (Å²) in [5.41, 5.74) is 0. The van der Waals surface area contributed by atoms with E-state index in [2.05, 4.69) is 22.1 Å². The maximum absolute atomic E-state index is 3.40. The van der Waals surface area contributed by atoms with Gasteiger partial charge in [0.05, 0.1) is 0 Å². The Morgan fingerprint density at radius 1 is 1.67 bits per heavy atom. The molecule has 0 radical (unpaired) electrons. The topological polar surface area (TPSA) is 0 Å². The fraction of sp³-hybridized carbons (Fsp3) is 0.600. The van der Waals surface area contributed by atoms with E-state index in [4.69, 9.17) is 0 Å². The van der Waals surface area contributed by atoms with Crippen molar-refractivity contribution in [2.24, 2.45) is 0 Å². The van der Waals surface area contributed by atoms with E-state index in [9.17, 15) is 0 Å². The first-order valence-corrected chi connectivity index (χ1v) is 2.83. The third-order valence-corrected chi connectivity index (χ3v) is 1.52. The van der Waals surface area contributed by atoms with Crippen LogP contribution in [0.4, 0.5) is 0 Å². The Morgan fingerprint density at radius 2 is 2.50 bits per heavy atom. The van der Waals surface area contributed by atoms with Crippen LogP contribution in [-0.4, -0.2) is 0 Å². The average Bonchev–Trinajstić information content (AvgIpc) is 1.86. The SMILES string of the molecule is [Mn][C]1=CCCC1. The zero-order chi connectivity index (χ0) is 4.41. The van der Waals surface area contributed by atoms with Gasteiger partial charge in [-0.2, -0.15) is 0 Å². The minimum atomic E-state index is 1.26. The van der Waals surface area contributed by atoms with Crippen molar-refractivity contribution in [2.75, 3.05) is 0 Å². The van der Waals surface area contributed by atoms with E-state index in [0.29, 0.717) is 0 Å². The number of hydrogen-bond donors (Lipinski definition) is 0. The molecule has 0 amide bonds. The van der Waals surface area contributed by atoms with Crippen LogP contribution in [0.2, 0.25) is 0 Å². The van der Waals surface area contributed by atoms with Gasteiger partial charge in [-0.3, -0.25) is 0 Å². The van der Waals surface area contributed by atoms with Crippen LogP contribution in [0.15, 0.2) is 10.5 Å². The van der Waals surface area contributed by atoms with Gasteiger partial charge in [0.15, 0.2) is 0 Å². The summed E-state index contributed by atoms with van der Waals surface area (Å²) in [7, 11) is 0. The molecule has 0 aliphatic heterocycles. The molecule has 0 bridgehead atoms. The Labute approximate surface area is 46.4 Å². The van der Waals surface area contributed by atoms with Gasteiger partial charge in [-0.05, 0) is 0 Å². The van der Waals surface area contributed by atoms with E-state index < -0.39 is 0 Å². The van der Waals surface area contributed by atoms with Gasteiger partial charge in [0.25, 0.3) is 0 Å². The molecule has 0 heterocycles. The number of rotatable bonds is 0. The van der Waals surface area contributed by atoms with Gasteiger partial charge >= 0.3 is 45.8 Å². The molecule has 0 N–H and O–H groups in total. The third-order valence-electron chi connectivity index (χ3n) is 0.986. The average molecular weight is 122 g/mol. The molecule has 0 unspecified atom stereocenters. The van der Waals surface area contributed by atoms with Crippen LogP contribution in [0.1, 0.15) is 19.3 Å². The molecular weight excluding hydrogens is 115 g/mol. The molecule has 1 rings (SSSR count). The Hall–Kier alpha value is 0.259. The van der Waals surface area contributed by atoms with Gasteiger partial charge in [0.2, 0.25) is 0 Å². The molecule has 0 aromatic heterocycles. The van der Waals surface area contributed by atoms with Crippen molar-refractivity contribution in [1.82, 2.24) is 0 Å². The molecule has 6 heavy (non-hydrogen) atoms. The van der Waals surface area contributed by atoms with Crippen molar-refractivity contribution < 1.29 is 16.0 Å². The van der Waals surface area contributed by atoms with Crippen LogP contribution in [0.25, 0.3) is 0 Å². The molecule has 0 spiro atoms. The first-order valence-electron chi connectivity index (χ1n) is 2.24. The summed E-state index contributed by atoms with van der Waals surface area (Å²) in [5, 5.41) is 0. The maximum atomic E-state index is 3.40. The van der Waals surface area contributed by atoms with Gasteiger partial charge in [0, 0.05) is 0 Å². The van der Waals surface area contributed by atoms with E-state index >= 15 is 0 Å². The Balaban J connectivity index is 2.45. The second-order valence-electron chi connectivity index (χ2n) is 1.54. The van der Waals surface area contributed by atoms with Gasteiger partial charge in [0.1, 0.15) is 0 Å². The van der Waals surface area contributed by atoms with Gasteiger partial charge in [-0.15, -0.1) is 0 Å². The predicted octanol–water partition coefficient (Wildman–Crippen LogP) is 1.60. The minimum absolute atomic E-state index is 1.26. The van der Waals surface area contributed by atoms with Crippen LogP contribution >= 0.6 is 0 Å². The normalized spacial score (nSPS) is 21.2. The standard InChI is InChI=1S/C5H7.Mn/c1-2-4-5-3-1;/h1H,2,4-5H2;. The van der Waals surface area contributed by atoms with Crippen LogP contribution in [0.5, 0.6) is 0 Å². The second-order valence-corrected chi connectivity index (χ2v) is 2.30. The Kier molecular flexibility index (Phi) is 1.33. The van der Waals surface area contributed by atoms with Crippen molar-refractivity contribution in [2.45, 2.75) is 19.3 Å². The summed E-state index contributed by atoms with van der Waals surface area (Å²) >= 11 is 3.40. The van der Waals surface area contributed by atoms with Gasteiger partial charge in [-0.1, -0.05) is 0 Å². The molecule has 0 aromatic rings. The first kappa shape index (κ1) is 4.42. The van der Waals surface area contributed by atoms with Gasteiger partial charge in [-0.25, -0.2) is 0 Å². The molecule has 34 valence electrons. The molecule has 0 aromatic carbocycles. The Bertz CT molecular complexity index is 74.0. The zero-order valence-corrected chi connectivity index (χ0v) is 4.76. The van der Waals surface area contributed by atoms with Crippen LogP contribution in [0, 0.1) is 0 Å². The molecule has 1 aliphatic carbocycles. The molecular formula is C5H7Mn. The van der Waals surface area contributed by atoms with Crippen molar-refractivity contribution >= 4 is 0 Å². The van der Waals surface area contributed by atoms with E-state index in [1.807, 2.05) is 0 Å². The molecule has 0 saturated carbocycles. The van der Waals surface area contributed by atoms with Crippen molar-refractivity contribution in [1.29, 1.82) is 0 Å². The summed E-state index contributed by atoms with van der Waals surface area (Å²) in [4.78, 5) is 0. The molecule has 0 atom stereocenters. The predicted molar refractivity (Wildman–Crippen MR) is 21.9 cm³/mol. The zero-order valence-electron chi connectivity index (χ0n) is 3.58. The van der Waals surface area contributed by atoms with Crippen molar-refractivity contribution in [3.8, 4) is 0 Å². The van der Waals surface area contributed by atoms with Crippen molar-refractivity contribution in [3.05, 3.63) is 10.5 Å². The molecule has 1 aliphatic rings. The molecule has 0 saturated heterocycles. The monoisotopic (exact) mass is 122 g/mol. The van der Waals surface area contributed by atoms with E-state index in [1.165, 1.54) is 23.7 Å². The summed E-state index contributed by atoms with van der Waals surface area (Å²) in [6.07, 6.45) is 6.13. The summed E-state index contributed by atoms with van der Waals surface area (Å²) in [6.45, 7) is 0. The number of hydrogen-bond acceptors (Lipinski definition) is 0. The van der Waals surface area contributed by atoms with E-state index in [1.54, 1.807) is 0 Å². The molecule has 0 fully saturated rings. The number of allylic oxidation sites excluding steroid dienone is 2. The van der Waals surface area contributed by atoms with Crippen molar-refractivity contribution in [3.63, 3.8) is 0 Å². The van der Waals surface area contributed by atoms with Crippen LogP contribution in [0.3, 0.4) is 0 Å². The summed E-state index contributed by atoms with van der Waals surface area (Å²) in [5.74, 6) is 0. The fourth-order valence-electron chi connectivity index (χ4n) is 0.632. The molecule has 1 heteroatoms. The van der Waals surface area contributed by atoms with E-state index in [0.717, 1.165) is 0 Å². The Morgan fingerprint density at radius 3 is 2.67 bits per heavy atom. The van der Waals surface area contributed by atoms with Crippen LogP contribution in [-0.2, 0) is 16.0 Å². The summed E-state index contributed by atoms with van der Waals surface area (Å²) in [6, 6.07) is 0.